The molecule has 1 heterocycles. The van der Waals surface area contributed by atoms with Gasteiger partial charge in [0.15, 0.2) is 0 Å². The summed E-state index contributed by atoms with van der Waals surface area (Å²) in [7, 11) is 0. The van der Waals surface area contributed by atoms with Crippen LogP contribution in [0.3, 0.4) is 0 Å². The number of rotatable bonds is 2. The van der Waals surface area contributed by atoms with Crippen LogP contribution in [0.25, 0.3) is 0 Å². The number of hydrogen-bond donors (Lipinski definition) is 0. The van der Waals surface area contributed by atoms with E-state index in [9.17, 15) is 0 Å². The molecule has 1 atom stereocenters. The van der Waals surface area contributed by atoms with Gasteiger partial charge in [-0.25, -0.2) is 0 Å². The van der Waals surface area contributed by atoms with Crippen molar-refractivity contribution in [1.29, 1.82) is 0 Å². The van der Waals surface area contributed by atoms with Gasteiger partial charge in [0.25, 0.3) is 0 Å². The van der Waals surface area contributed by atoms with E-state index in [2.05, 4.69) is 43.0 Å². The third-order valence-corrected chi connectivity index (χ3v) is 3.28. The van der Waals surface area contributed by atoms with E-state index in [4.69, 9.17) is 0 Å². The Morgan fingerprint density at radius 1 is 1.29 bits per heavy atom. The minimum Gasteiger partial charge on any atom is -0.371 e. The monoisotopic (exact) mass is 189 g/mol. The van der Waals surface area contributed by atoms with Crippen LogP contribution in [-0.4, -0.2) is 13.1 Å². The maximum atomic E-state index is 2.51. The predicted molar refractivity (Wildman–Crippen MR) is 61.8 cm³/mol. The Morgan fingerprint density at radius 2 is 2.07 bits per heavy atom. The van der Waals surface area contributed by atoms with E-state index in [0.717, 1.165) is 12.5 Å². The fourth-order valence-electron chi connectivity index (χ4n) is 2.35. The Bertz CT molecular complexity index is 306. The molecule has 0 saturated carbocycles. The SMILES string of the molecule is CCC1Cc2ccccc2N(CC)C1. The summed E-state index contributed by atoms with van der Waals surface area (Å²) in [5, 5.41) is 0. The Kier molecular flexibility index (Phi) is 2.76. The Labute approximate surface area is 86.7 Å². The van der Waals surface area contributed by atoms with Gasteiger partial charge in [-0.1, -0.05) is 31.5 Å². The van der Waals surface area contributed by atoms with Crippen molar-refractivity contribution in [1.82, 2.24) is 0 Å². The zero-order chi connectivity index (χ0) is 9.97. The molecule has 0 saturated heterocycles. The highest BCUT2D eigenvalue weighted by atomic mass is 15.1. The molecule has 0 amide bonds. The normalized spacial score (nSPS) is 20.7. The van der Waals surface area contributed by atoms with Crippen LogP contribution >= 0.6 is 0 Å². The molecule has 0 spiro atoms. The van der Waals surface area contributed by atoms with Gasteiger partial charge in [-0.3, -0.25) is 0 Å². The average Bonchev–Trinajstić information content (AvgIpc) is 2.27. The highest BCUT2D eigenvalue weighted by molar-refractivity contribution is 5.55. The van der Waals surface area contributed by atoms with E-state index in [1.54, 1.807) is 0 Å². The van der Waals surface area contributed by atoms with Crippen molar-refractivity contribution < 1.29 is 0 Å². The Balaban J connectivity index is 2.31. The number of hydrogen-bond acceptors (Lipinski definition) is 1. The van der Waals surface area contributed by atoms with Crippen LogP contribution in [0.15, 0.2) is 24.3 Å². The molecule has 1 heteroatoms. The number of benzene rings is 1. The van der Waals surface area contributed by atoms with E-state index in [-0.39, 0.29) is 0 Å². The van der Waals surface area contributed by atoms with Gasteiger partial charge >= 0.3 is 0 Å². The first-order valence-corrected chi connectivity index (χ1v) is 5.68. The second kappa shape index (κ2) is 4.04. The minimum absolute atomic E-state index is 0.852. The molecule has 1 aromatic rings. The lowest BCUT2D eigenvalue weighted by Gasteiger charge is -2.35. The van der Waals surface area contributed by atoms with Crippen molar-refractivity contribution in [3.05, 3.63) is 29.8 Å². The molecule has 14 heavy (non-hydrogen) atoms. The molecule has 0 N–H and O–H groups in total. The van der Waals surface area contributed by atoms with Gasteiger partial charge in [-0.05, 0) is 30.9 Å². The molecule has 0 aromatic heterocycles. The van der Waals surface area contributed by atoms with Crippen molar-refractivity contribution >= 4 is 5.69 Å². The fourth-order valence-corrected chi connectivity index (χ4v) is 2.35. The lowest BCUT2D eigenvalue weighted by molar-refractivity contribution is 0.479. The van der Waals surface area contributed by atoms with E-state index in [1.165, 1.54) is 30.6 Å². The lowest BCUT2D eigenvalue weighted by Crippen LogP contribution is -2.34. The smallest absolute Gasteiger partial charge is 0.0398 e. The van der Waals surface area contributed by atoms with Crippen LogP contribution in [0.5, 0.6) is 0 Å². The number of para-hydroxylation sites is 1. The van der Waals surface area contributed by atoms with Gasteiger partial charge in [0.1, 0.15) is 0 Å². The molecule has 0 bridgehead atoms. The molecule has 1 unspecified atom stereocenters. The number of fused-ring (bicyclic) bond motifs is 1. The number of anilines is 1. The summed E-state index contributed by atoms with van der Waals surface area (Å²) < 4.78 is 0. The van der Waals surface area contributed by atoms with Gasteiger partial charge in [0, 0.05) is 18.8 Å². The molecule has 1 aliphatic heterocycles. The van der Waals surface area contributed by atoms with Crippen LogP contribution in [0, 0.1) is 5.92 Å². The fraction of sp³-hybridized carbons (Fsp3) is 0.538. The standard InChI is InChI=1S/C13H19N/c1-3-11-9-12-7-5-6-8-13(12)14(4-2)10-11/h5-8,11H,3-4,9-10H2,1-2H3. The van der Waals surface area contributed by atoms with E-state index in [1.807, 2.05) is 0 Å². The topological polar surface area (TPSA) is 3.24 Å². The average molecular weight is 189 g/mol. The summed E-state index contributed by atoms with van der Waals surface area (Å²) in [5.74, 6) is 0.852. The van der Waals surface area contributed by atoms with Crippen LogP contribution < -0.4 is 4.90 Å². The van der Waals surface area contributed by atoms with Gasteiger partial charge in [0.2, 0.25) is 0 Å². The van der Waals surface area contributed by atoms with E-state index >= 15 is 0 Å². The van der Waals surface area contributed by atoms with Gasteiger partial charge in [-0.15, -0.1) is 0 Å². The van der Waals surface area contributed by atoms with Crippen molar-refractivity contribution in [3.8, 4) is 0 Å². The predicted octanol–water partition coefficient (Wildman–Crippen LogP) is 3.10. The second-order valence-corrected chi connectivity index (χ2v) is 4.15. The summed E-state index contributed by atoms with van der Waals surface area (Å²) in [4.78, 5) is 2.51. The quantitative estimate of drug-likeness (QED) is 0.691. The first-order valence-electron chi connectivity index (χ1n) is 5.68. The third-order valence-electron chi connectivity index (χ3n) is 3.28. The van der Waals surface area contributed by atoms with Crippen LogP contribution in [0.1, 0.15) is 25.8 Å². The molecule has 1 nitrogen and oxygen atoms in total. The first-order chi connectivity index (χ1) is 6.85. The molecule has 1 aliphatic rings. The second-order valence-electron chi connectivity index (χ2n) is 4.15. The minimum atomic E-state index is 0.852. The molecular formula is C13H19N. The highest BCUT2D eigenvalue weighted by Crippen LogP contribution is 2.30. The summed E-state index contributed by atoms with van der Waals surface area (Å²) in [6.07, 6.45) is 2.56. The van der Waals surface area contributed by atoms with E-state index < -0.39 is 0 Å². The highest BCUT2D eigenvalue weighted by Gasteiger charge is 2.21. The molecule has 0 radical (unpaired) electrons. The van der Waals surface area contributed by atoms with Gasteiger partial charge < -0.3 is 4.90 Å². The van der Waals surface area contributed by atoms with Crippen LogP contribution in [-0.2, 0) is 6.42 Å². The largest absolute Gasteiger partial charge is 0.371 e. The summed E-state index contributed by atoms with van der Waals surface area (Å²) in [6.45, 7) is 6.92. The lowest BCUT2D eigenvalue weighted by atomic mass is 9.91. The zero-order valence-corrected chi connectivity index (χ0v) is 9.16. The molecule has 1 aromatic carbocycles. The maximum Gasteiger partial charge on any atom is 0.0398 e. The van der Waals surface area contributed by atoms with Gasteiger partial charge in [-0.2, -0.15) is 0 Å². The number of nitrogens with zero attached hydrogens (tertiary/aromatic N) is 1. The molecule has 2 rings (SSSR count). The third kappa shape index (κ3) is 1.63. The van der Waals surface area contributed by atoms with Gasteiger partial charge in [0.05, 0.1) is 0 Å². The summed E-state index contributed by atoms with van der Waals surface area (Å²) >= 11 is 0. The summed E-state index contributed by atoms with van der Waals surface area (Å²) in [6, 6.07) is 8.84. The molecule has 0 aliphatic carbocycles. The summed E-state index contributed by atoms with van der Waals surface area (Å²) in [5.41, 5.74) is 2.99. The van der Waals surface area contributed by atoms with Crippen molar-refractivity contribution in [2.75, 3.05) is 18.0 Å². The Morgan fingerprint density at radius 3 is 2.79 bits per heavy atom. The van der Waals surface area contributed by atoms with Crippen molar-refractivity contribution in [3.63, 3.8) is 0 Å². The maximum absolute atomic E-state index is 2.51. The molecular weight excluding hydrogens is 170 g/mol. The first kappa shape index (κ1) is 9.57. The molecule has 0 fully saturated rings. The van der Waals surface area contributed by atoms with Crippen molar-refractivity contribution in [2.24, 2.45) is 5.92 Å². The zero-order valence-electron chi connectivity index (χ0n) is 9.16. The molecule has 76 valence electrons. The van der Waals surface area contributed by atoms with E-state index in [0.29, 0.717) is 0 Å². The van der Waals surface area contributed by atoms with Crippen LogP contribution in [0.2, 0.25) is 0 Å². The van der Waals surface area contributed by atoms with Crippen LogP contribution in [0.4, 0.5) is 5.69 Å². The van der Waals surface area contributed by atoms with Crippen molar-refractivity contribution in [2.45, 2.75) is 26.7 Å². The Hall–Kier alpha value is -0.980.